The fourth-order valence-corrected chi connectivity index (χ4v) is 3.38. The lowest BCUT2D eigenvalue weighted by atomic mass is 10.0. The molecular weight excluding hydrogens is 364 g/mol. The summed E-state index contributed by atoms with van der Waals surface area (Å²) in [6, 6.07) is 4.00. The number of carbonyl (C=O) groups excluding carboxylic acids is 2. The van der Waals surface area contributed by atoms with Crippen LogP contribution in [-0.2, 0) is 9.59 Å². The van der Waals surface area contributed by atoms with Crippen molar-refractivity contribution in [1.29, 1.82) is 0 Å². The first-order valence-corrected chi connectivity index (χ1v) is 8.20. The van der Waals surface area contributed by atoms with Crippen molar-refractivity contribution in [2.45, 2.75) is 25.3 Å². The third-order valence-corrected chi connectivity index (χ3v) is 4.71. The highest BCUT2D eigenvalue weighted by molar-refractivity contribution is 6.02. The largest absolute Gasteiger partial charge is 0.482 e. The predicted octanol–water partition coefficient (Wildman–Crippen LogP) is 0.986. The number of hydrogen-bond acceptors (Lipinski definition) is 6. The zero-order valence-electron chi connectivity index (χ0n) is 14.1. The fourth-order valence-electron chi connectivity index (χ4n) is 3.38. The Morgan fingerprint density at radius 1 is 1.42 bits per heavy atom. The zero-order chi connectivity index (χ0) is 18.0. The first kappa shape index (κ1) is 19.9. The minimum absolute atomic E-state index is 0. The maximum atomic E-state index is 12.4. The number of halogens is 1. The third kappa shape index (κ3) is 4.05. The van der Waals surface area contributed by atoms with Crippen molar-refractivity contribution in [2.24, 2.45) is 11.7 Å². The smallest absolute Gasteiger partial charge is 0.271 e. The number of nitro benzene ring substituents is 1. The molecule has 1 fully saturated rings. The van der Waals surface area contributed by atoms with Gasteiger partial charge in [-0.15, -0.1) is 12.4 Å². The molecule has 0 radical (unpaired) electrons. The average molecular weight is 385 g/mol. The van der Waals surface area contributed by atoms with Gasteiger partial charge < -0.3 is 15.8 Å². The fraction of sp³-hybridized carbons (Fsp3) is 0.500. The molecule has 1 aromatic rings. The summed E-state index contributed by atoms with van der Waals surface area (Å²) in [7, 11) is 0. The average Bonchev–Trinajstić information content (AvgIpc) is 3.04. The number of fused-ring (bicyclic) bond motifs is 1. The lowest BCUT2D eigenvalue weighted by Gasteiger charge is -2.29. The summed E-state index contributed by atoms with van der Waals surface area (Å²) < 4.78 is 5.29. The maximum Gasteiger partial charge on any atom is 0.271 e. The van der Waals surface area contributed by atoms with E-state index in [1.807, 2.05) is 0 Å². The van der Waals surface area contributed by atoms with Crippen LogP contribution in [0.2, 0.25) is 0 Å². The summed E-state index contributed by atoms with van der Waals surface area (Å²) in [5.41, 5.74) is 5.79. The molecule has 3 N–H and O–H groups in total. The Bertz CT molecular complexity index is 714. The molecule has 0 bridgehead atoms. The monoisotopic (exact) mass is 384 g/mol. The lowest BCUT2D eigenvalue weighted by Crippen LogP contribution is -2.48. The number of nitrogens with two attached hydrogens (primary N) is 1. The van der Waals surface area contributed by atoms with E-state index in [-0.39, 0.29) is 54.8 Å². The summed E-state index contributed by atoms with van der Waals surface area (Å²) >= 11 is 0. The van der Waals surface area contributed by atoms with Crippen LogP contribution in [-0.4, -0.2) is 42.5 Å². The summed E-state index contributed by atoms with van der Waals surface area (Å²) in [6.45, 7) is 0.105. The molecular formula is C16H21ClN4O5. The van der Waals surface area contributed by atoms with E-state index in [2.05, 4.69) is 5.32 Å². The van der Waals surface area contributed by atoms with Crippen LogP contribution in [0.1, 0.15) is 19.3 Å². The molecule has 0 spiro atoms. The summed E-state index contributed by atoms with van der Waals surface area (Å²) in [6.07, 6.45) is 2.86. The van der Waals surface area contributed by atoms with Gasteiger partial charge >= 0.3 is 0 Å². The van der Waals surface area contributed by atoms with Gasteiger partial charge in [-0.2, -0.15) is 0 Å². The van der Waals surface area contributed by atoms with E-state index in [1.165, 1.54) is 23.1 Å². The van der Waals surface area contributed by atoms with Crippen molar-refractivity contribution in [3.8, 4) is 5.75 Å². The van der Waals surface area contributed by atoms with Crippen LogP contribution in [0.3, 0.4) is 0 Å². The van der Waals surface area contributed by atoms with E-state index in [0.29, 0.717) is 12.3 Å². The molecule has 0 aromatic heterocycles. The number of rotatable bonds is 5. The second-order valence-corrected chi connectivity index (χ2v) is 6.28. The van der Waals surface area contributed by atoms with E-state index in [9.17, 15) is 19.7 Å². The lowest BCUT2D eigenvalue weighted by molar-refractivity contribution is -0.384. The Morgan fingerprint density at radius 2 is 2.19 bits per heavy atom. The number of non-ortho nitro benzene ring substituents is 1. The van der Waals surface area contributed by atoms with E-state index in [4.69, 9.17) is 10.5 Å². The van der Waals surface area contributed by atoms with Gasteiger partial charge in [0.2, 0.25) is 5.91 Å². The molecule has 2 amide bonds. The summed E-state index contributed by atoms with van der Waals surface area (Å²) in [5.74, 6) is -0.126. The number of benzene rings is 1. The van der Waals surface area contributed by atoms with Gasteiger partial charge in [0.25, 0.3) is 11.6 Å². The highest BCUT2D eigenvalue weighted by Gasteiger charge is 2.31. The molecule has 1 aliphatic carbocycles. The second-order valence-electron chi connectivity index (χ2n) is 6.28. The number of anilines is 1. The summed E-state index contributed by atoms with van der Waals surface area (Å²) in [4.78, 5) is 36.2. The van der Waals surface area contributed by atoms with Crippen molar-refractivity contribution in [2.75, 3.05) is 24.6 Å². The van der Waals surface area contributed by atoms with Gasteiger partial charge in [-0.3, -0.25) is 24.6 Å². The third-order valence-electron chi connectivity index (χ3n) is 4.71. The molecule has 10 heteroatoms. The van der Waals surface area contributed by atoms with Crippen LogP contribution in [0.15, 0.2) is 18.2 Å². The molecule has 1 heterocycles. The number of hydrogen-bond donors (Lipinski definition) is 2. The van der Waals surface area contributed by atoms with Gasteiger partial charge in [0.15, 0.2) is 6.61 Å². The molecule has 1 aliphatic heterocycles. The molecule has 26 heavy (non-hydrogen) atoms. The van der Waals surface area contributed by atoms with Crippen molar-refractivity contribution in [3.05, 3.63) is 28.3 Å². The van der Waals surface area contributed by atoms with Crippen molar-refractivity contribution < 1.29 is 19.2 Å². The normalized spacial score (nSPS) is 21.4. The molecule has 1 aromatic carbocycles. The molecule has 142 valence electrons. The Labute approximate surface area is 156 Å². The second kappa shape index (κ2) is 8.33. The van der Waals surface area contributed by atoms with Crippen LogP contribution in [0.25, 0.3) is 0 Å². The van der Waals surface area contributed by atoms with Crippen molar-refractivity contribution in [3.63, 3.8) is 0 Å². The molecule has 2 aliphatic rings. The van der Waals surface area contributed by atoms with Crippen molar-refractivity contribution in [1.82, 2.24) is 5.32 Å². The van der Waals surface area contributed by atoms with Gasteiger partial charge in [-0.25, -0.2) is 0 Å². The highest BCUT2D eigenvalue weighted by atomic mass is 35.5. The van der Waals surface area contributed by atoms with Crippen LogP contribution >= 0.6 is 12.4 Å². The number of nitrogens with one attached hydrogen (secondary N) is 1. The number of amides is 2. The van der Waals surface area contributed by atoms with Crippen LogP contribution in [0, 0.1) is 16.0 Å². The molecule has 1 saturated carbocycles. The van der Waals surface area contributed by atoms with Gasteiger partial charge in [0, 0.05) is 18.2 Å². The summed E-state index contributed by atoms with van der Waals surface area (Å²) in [5, 5.41) is 13.9. The molecule has 2 unspecified atom stereocenters. The van der Waals surface area contributed by atoms with Crippen LogP contribution < -0.4 is 20.7 Å². The Kier molecular flexibility index (Phi) is 6.38. The molecule has 0 saturated heterocycles. The predicted molar refractivity (Wildman–Crippen MR) is 96.5 cm³/mol. The Hall–Kier alpha value is -2.39. The van der Waals surface area contributed by atoms with Crippen molar-refractivity contribution >= 4 is 35.6 Å². The topological polar surface area (TPSA) is 128 Å². The Morgan fingerprint density at radius 3 is 2.88 bits per heavy atom. The van der Waals surface area contributed by atoms with Crippen LogP contribution in [0.4, 0.5) is 11.4 Å². The van der Waals surface area contributed by atoms with E-state index < -0.39 is 10.8 Å². The minimum Gasteiger partial charge on any atom is -0.482 e. The standard InChI is InChI=1S/C16H20N4O5.ClH/c17-7-10-2-1-3-12(10)18-15(21)8-19-13-6-11(20(23)24)4-5-14(13)25-9-16(19)22;/h4-6,10,12H,1-3,7-9,17H2,(H,18,21);1H. The quantitative estimate of drug-likeness (QED) is 0.575. The van der Waals surface area contributed by atoms with E-state index in [1.54, 1.807) is 0 Å². The van der Waals surface area contributed by atoms with Gasteiger partial charge in [0.05, 0.1) is 10.6 Å². The van der Waals surface area contributed by atoms with E-state index in [0.717, 1.165) is 19.3 Å². The minimum atomic E-state index is -0.554. The number of nitrogens with zero attached hydrogens (tertiary/aromatic N) is 2. The SMILES string of the molecule is Cl.NCC1CCCC1NC(=O)CN1C(=O)COc2ccc([N+](=O)[O-])cc21. The molecule has 9 nitrogen and oxygen atoms in total. The maximum absolute atomic E-state index is 12.4. The first-order chi connectivity index (χ1) is 12.0. The highest BCUT2D eigenvalue weighted by Crippen LogP contribution is 2.35. The van der Waals surface area contributed by atoms with Crippen LogP contribution in [0.5, 0.6) is 5.75 Å². The molecule has 3 rings (SSSR count). The van der Waals surface area contributed by atoms with E-state index >= 15 is 0 Å². The number of nitro groups is 1. The molecule has 2 atom stereocenters. The Balaban J connectivity index is 0.00000243. The van der Waals surface area contributed by atoms with Gasteiger partial charge in [-0.1, -0.05) is 6.42 Å². The van der Waals surface area contributed by atoms with Gasteiger partial charge in [0.1, 0.15) is 12.3 Å². The van der Waals surface area contributed by atoms with Gasteiger partial charge in [-0.05, 0) is 31.4 Å². The number of carbonyl (C=O) groups is 2. The first-order valence-electron chi connectivity index (χ1n) is 8.20. The number of ether oxygens (including phenoxy) is 1. The zero-order valence-corrected chi connectivity index (χ0v) is 14.9.